The maximum Gasteiger partial charge on any atom is 0.201 e. The molecule has 6 nitrogen and oxygen atoms in total. The highest BCUT2D eigenvalue weighted by atomic mass is 35.5. The van der Waals surface area contributed by atoms with Gasteiger partial charge in [-0.2, -0.15) is 10.4 Å². The molecule has 0 radical (unpaired) electrons. The number of hydrogen-bond acceptors (Lipinski definition) is 5. The van der Waals surface area contributed by atoms with E-state index in [0.717, 1.165) is 0 Å². The largest absolute Gasteiger partial charge is 0.382 e. The summed E-state index contributed by atoms with van der Waals surface area (Å²) >= 11 is 12.0. The number of amidine groups is 1. The molecule has 120 valence electrons. The van der Waals surface area contributed by atoms with Crippen LogP contribution in [0, 0.1) is 16.7 Å². The van der Waals surface area contributed by atoms with Crippen LogP contribution in [0.25, 0.3) is 0 Å². The molecular formula is C16H11Cl2N5O. The highest BCUT2D eigenvalue weighted by molar-refractivity contribution is 6.46. The third-order valence-electron chi connectivity index (χ3n) is 2.99. The van der Waals surface area contributed by atoms with E-state index in [9.17, 15) is 4.79 Å². The molecule has 0 atom stereocenters. The van der Waals surface area contributed by atoms with Crippen molar-refractivity contribution in [3.05, 3.63) is 63.6 Å². The first-order valence-corrected chi connectivity index (χ1v) is 7.36. The summed E-state index contributed by atoms with van der Waals surface area (Å²) in [6.45, 7) is 0. The second-order valence-corrected chi connectivity index (χ2v) is 5.44. The lowest BCUT2D eigenvalue weighted by Gasteiger charge is -2.10. The normalized spacial score (nSPS) is 10.8. The van der Waals surface area contributed by atoms with Crippen LogP contribution in [0.15, 0.2) is 47.6 Å². The molecule has 0 spiro atoms. The Morgan fingerprint density at radius 3 is 2.54 bits per heavy atom. The lowest BCUT2D eigenvalue weighted by Crippen LogP contribution is -2.22. The quantitative estimate of drug-likeness (QED) is 0.328. The summed E-state index contributed by atoms with van der Waals surface area (Å²) in [5.41, 5.74) is 8.32. The van der Waals surface area contributed by atoms with E-state index >= 15 is 0 Å². The van der Waals surface area contributed by atoms with Gasteiger partial charge >= 0.3 is 0 Å². The molecule has 0 aliphatic carbocycles. The topological polar surface area (TPSA) is 115 Å². The first-order chi connectivity index (χ1) is 11.4. The number of hydrazone groups is 1. The summed E-state index contributed by atoms with van der Waals surface area (Å²) in [6, 6.07) is 12.8. The zero-order valence-electron chi connectivity index (χ0n) is 12.2. The molecule has 0 fully saturated rings. The van der Waals surface area contributed by atoms with Crippen LogP contribution < -0.4 is 11.2 Å². The number of halogens is 2. The Bertz CT molecular complexity index is 886. The van der Waals surface area contributed by atoms with Gasteiger partial charge in [0.25, 0.3) is 0 Å². The molecule has 0 amide bonds. The van der Waals surface area contributed by atoms with E-state index in [1.807, 2.05) is 0 Å². The van der Waals surface area contributed by atoms with Crippen LogP contribution in [-0.2, 0) is 0 Å². The first-order valence-electron chi connectivity index (χ1n) is 6.61. The Kier molecular flexibility index (Phi) is 5.53. The number of carbonyl (C=O) groups is 1. The van der Waals surface area contributed by atoms with Gasteiger partial charge in [0.15, 0.2) is 11.6 Å². The smallest absolute Gasteiger partial charge is 0.201 e. The van der Waals surface area contributed by atoms with Gasteiger partial charge in [0.05, 0.1) is 10.7 Å². The van der Waals surface area contributed by atoms with Crippen LogP contribution in [0.2, 0.25) is 10.0 Å². The molecule has 4 N–H and O–H groups in total. The molecule has 2 aromatic rings. The fourth-order valence-corrected chi connectivity index (χ4v) is 2.25. The summed E-state index contributed by atoms with van der Waals surface area (Å²) in [4.78, 5) is 12.7. The second kappa shape index (κ2) is 7.59. The summed E-state index contributed by atoms with van der Waals surface area (Å²) in [6.07, 6.45) is 0. The number of nitrogens with one attached hydrogen (secondary N) is 2. The molecule has 2 rings (SSSR count). The number of anilines is 1. The monoisotopic (exact) mass is 359 g/mol. The van der Waals surface area contributed by atoms with Gasteiger partial charge in [-0.15, -0.1) is 0 Å². The van der Waals surface area contributed by atoms with Crippen LogP contribution in [0.3, 0.4) is 0 Å². The van der Waals surface area contributed by atoms with Crippen molar-refractivity contribution >= 4 is 46.2 Å². The highest BCUT2D eigenvalue weighted by Crippen LogP contribution is 2.26. The van der Waals surface area contributed by atoms with Crippen molar-refractivity contribution in [3.8, 4) is 6.07 Å². The van der Waals surface area contributed by atoms with Gasteiger partial charge in [-0.1, -0.05) is 35.3 Å². The van der Waals surface area contributed by atoms with Crippen LogP contribution in [0.4, 0.5) is 5.69 Å². The molecule has 2 aromatic carbocycles. The Balaban J connectivity index is 2.46. The van der Waals surface area contributed by atoms with Gasteiger partial charge in [-0.05, 0) is 30.3 Å². The molecule has 0 aliphatic rings. The molecule has 24 heavy (non-hydrogen) atoms. The number of carbonyl (C=O) groups excluding carboxylic acids is 1. The SMILES string of the molecule is N#C/C(=N\Nc1ccc(Cl)cc1C(=O)c1ccccc1Cl)C(=N)N. The minimum absolute atomic E-state index is 0.222. The molecule has 8 heteroatoms. The first kappa shape index (κ1) is 17.5. The van der Waals surface area contributed by atoms with E-state index in [4.69, 9.17) is 39.6 Å². The summed E-state index contributed by atoms with van der Waals surface area (Å²) in [7, 11) is 0. The average Bonchev–Trinajstić information content (AvgIpc) is 2.56. The standard InChI is InChI=1S/C16H11Cl2N5O/c17-9-5-6-13(22-23-14(8-19)16(20)21)11(7-9)15(24)10-3-1-2-4-12(10)18/h1-7,22H,(H3,20,21)/b23-14+. The van der Waals surface area contributed by atoms with Crippen molar-refractivity contribution in [1.82, 2.24) is 0 Å². The van der Waals surface area contributed by atoms with E-state index in [-0.39, 0.29) is 17.1 Å². The predicted octanol–water partition coefficient (Wildman–Crippen LogP) is 3.45. The molecule has 0 saturated heterocycles. The third-order valence-corrected chi connectivity index (χ3v) is 3.56. The van der Waals surface area contributed by atoms with Crippen LogP contribution >= 0.6 is 23.2 Å². The predicted molar refractivity (Wildman–Crippen MR) is 94.9 cm³/mol. The molecule has 0 heterocycles. The maximum atomic E-state index is 12.7. The number of nitrogens with two attached hydrogens (primary N) is 1. The van der Waals surface area contributed by atoms with Crippen LogP contribution in [-0.4, -0.2) is 17.3 Å². The van der Waals surface area contributed by atoms with Gasteiger partial charge < -0.3 is 5.73 Å². The van der Waals surface area contributed by atoms with Crippen LogP contribution in [0.1, 0.15) is 15.9 Å². The molecular weight excluding hydrogens is 349 g/mol. The van der Waals surface area contributed by atoms with E-state index < -0.39 is 5.84 Å². The van der Waals surface area contributed by atoms with E-state index in [1.165, 1.54) is 12.1 Å². The zero-order valence-corrected chi connectivity index (χ0v) is 13.7. The average molecular weight is 360 g/mol. The number of ketones is 1. The van der Waals surface area contributed by atoms with Gasteiger partial charge in [0, 0.05) is 16.1 Å². The Morgan fingerprint density at radius 1 is 1.21 bits per heavy atom. The zero-order chi connectivity index (χ0) is 17.7. The van der Waals surface area contributed by atoms with E-state index in [1.54, 1.807) is 36.4 Å². The lowest BCUT2D eigenvalue weighted by atomic mass is 10.0. The number of rotatable bonds is 5. The number of hydrogen-bond donors (Lipinski definition) is 3. The molecule has 0 bridgehead atoms. The minimum Gasteiger partial charge on any atom is -0.382 e. The maximum absolute atomic E-state index is 12.7. The van der Waals surface area contributed by atoms with E-state index in [2.05, 4.69) is 10.5 Å². The van der Waals surface area contributed by atoms with E-state index in [0.29, 0.717) is 21.3 Å². The van der Waals surface area contributed by atoms with Crippen molar-refractivity contribution in [2.75, 3.05) is 5.43 Å². The summed E-state index contributed by atoms with van der Waals surface area (Å²) < 4.78 is 0. The number of nitriles is 1. The lowest BCUT2D eigenvalue weighted by molar-refractivity contribution is 0.103. The van der Waals surface area contributed by atoms with Crippen molar-refractivity contribution in [3.63, 3.8) is 0 Å². The van der Waals surface area contributed by atoms with Gasteiger partial charge in [0.1, 0.15) is 6.07 Å². The Morgan fingerprint density at radius 2 is 1.92 bits per heavy atom. The van der Waals surface area contributed by atoms with Gasteiger partial charge in [0.2, 0.25) is 5.71 Å². The minimum atomic E-state index is -0.488. The van der Waals surface area contributed by atoms with Gasteiger partial charge in [-0.3, -0.25) is 15.6 Å². The van der Waals surface area contributed by atoms with Crippen molar-refractivity contribution in [2.45, 2.75) is 0 Å². The third kappa shape index (κ3) is 3.90. The molecule has 0 unspecified atom stereocenters. The fraction of sp³-hybridized carbons (Fsp3) is 0. The molecule has 0 aliphatic heterocycles. The molecule has 0 aromatic heterocycles. The fourth-order valence-electron chi connectivity index (χ4n) is 1.85. The second-order valence-electron chi connectivity index (χ2n) is 4.60. The highest BCUT2D eigenvalue weighted by Gasteiger charge is 2.17. The van der Waals surface area contributed by atoms with Crippen molar-refractivity contribution in [2.24, 2.45) is 10.8 Å². The Hall–Kier alpha value is -2.88. The Labute approximate surface area is 148 Å². The number of nitrogens with zero attached hydrogens (tertiary/aromatic N) is 2. The number of benzene rings is 2. The van der Waals surface area contributed by atoms with Crippen molar-refractivity contribution in [1.29, 1.82) is 10.7 Å². The van der Waals surface area contributed by atoms with Crippen molar-refractivity contribution < 1.29 is 4.79 Å². The molecule has 0 saturated carbocycles. The van der Waals surface area contributed by atoms with Crippen LogP contribution in [0.5, 0.6) is 0 Å². The van der Waals surface area contributed by atoms with Gasteiger partial charge in [-0.25, -0.2) is 0 Å². The summed E-state index contributed by atoms with van der Waals surface area (Å²) in [5, 5.41) is 20.5. The summed E-state index contributed by atoms with van der Waals surface area (Å²) in [5.74, 6) is -0.847.